The Hall–Kier alpha value is -2.57. The van der Waals surface area contributed by atoms with Crippen molar-refractivity contribution in [3.63, 3.8) is 0 Å². The van der Waals surface area contributed by atoms with E-state index in [0.29, 0.717) is 23.0 Å². The smallest absolute Gasteiger partial charge is 0.406 e. The van der Waals surface area contributed by atoms with Crippen LogP contribution in [0.25, 0.3) is 11.0 Å². The molecule has 2 aromatic carbocycles. The third-order valence-electron chi connectivity index (χ3n) is 2.86. The summed E-state index contributed by atoms with van der Waals surface area (Å²) in [6.45, 7) is 0. The molecule has 0 N–H and O–H groups in total. The quantitative estimate of drug-likeness (QED) is 0.738. The molecule has 21 heavy (non-hydrogen) atoms. The van der Waals surface area contributed by atoms with E-state index >= 15 is 0 Å². The van der Waals surface area contributed by atoms with Gasteiger partial charge in [0.05, 0.1) is 0 Å². The van der Waals surface area contributed by atoms with Crippen LogP contribution in [0.15, 0.2) is 47.1 Å². The molecular weight excluding hydrogens is 285 g/mol. The highest BCUT2D eigenvalue weighted by atomic mass is 19.4. The first kappa shape index (κ1) is 13.4. The van der Waals surface area contributed by atoms with Gasteiger partial charge in [-0.05, 0) is 52.1 Å². The Morgan fingerprint density at radius 3 is 2.52 bits per heavy atom. The van der Waals surface area contributed by atoms with E-state index in [-0.39, 0.29) is 5.75 Å². The molecule has 7 heteroatoms. The zero-order valence-electron chi connectivity index (χ0n) is 10.6. The Balaban J connectivity index is 1.82. The lowest BCUT2D eigenvalue weighted by molar-refractivity contribution is -0.274. The summed E-state index contributed by atoms with van der Waals surface area (Å²) in [4.78, 5) is 0. The molecule has 4 nitrogen and oxygen atoms in total. The van der Waals surface area contributed by atoms with Crippen LogP contribution in [-0.2, 0) is 6.42 Å². The van der Waals surface area contributed by atoms with Gasteiger partial charge >= 0.3 is 6.36 Å². The first-order chi connectivity index (χ1) is 9.99. The second-order valence-electron chi connectivity index (χ2n) is 4.46. The molecule has 0 aliphatic rings. The SMILES string of the molecule is FC(F)(F)Oc1cccc(Cc2ccc3nonc3c2)c1. The van der Waals surface area contributed by atoms with Crippen molar-refractivity contribution in [3.05, 3.63) is 53.6 Å². The summed E-state index contributed by atoms with van der Waals surface area (Å²) < 4.78 is 45.1. The second-order valence-corrected chi connectivity index (χ2v) is 4.46. The Bertz CT molecular complexity index is 768. The predicted molar refractivity (Wildman–Crippen MR) is 67.7 cm³/mol. The molecule has 0 fully saturated rings. The molecule has 3 rings (SSSR count). The van der Waals surface area contributed by atoms with Gasteiger partial charge in [-0.2, -0.15) is 0 Å². The first-order valence-corrected chi connectivity index (χ1v) is 6.05. The molecule has 0 amide bonds. The lowest BCUT2D eigenvalue weighted by atomic mass is 10.0. The van der Waals surface area contributed by atoms with E-state index in [4.69, 9.17) is 0 Å². The van der Waals surface area contributed by atoms with Crippen LogP contribution in [0.5, 0.6) is 5.75 Å². The normalized spacial score (nSPS) is 11.8. The molecule has 0 aliphatic carbocycles. The van der Waals surface area contributed by atoms with E-state index in [2.05, 4.69) is 19.7 Å². The van der Waals surface area contributed by atoms with Gasteiger partial charge in [0.2, 0.25) is 0 Å². The lowest BCUT2D eigenvalue weighted by Crippen LogP contribution is -2.17. The lowest BCUT2D eigenvalue weighted by Gasteiger charge is -2.10. The number of nitrogens with zero attached hydrogens (tertiary/aromatic N) is 2. The van der Waals surface area contributed by atoms with Crippen LogP contribution in [0.2, 0.25) is 0 Å². The topological polar surface area (TPSA) is 48.2 Å². The summed E-state index contributed by atoms with van der Waals surface area (Å²) in [5, 5.41) is 7.42. The molecular formula is C14H9F3N2O2. The van der Waals surface area contributed by atoms with Crippen molar-refractivity contribution in [2.75, 3.05) is 0 Å². The van der Waals surface area contributed by atoms with Crippen LogP contribution in [0.3, 0.4) is 0 Å². The van der Waals surface area contributed by atoms with Crippen LogP contribution in [0, 0.1) is 0 Å². The minimum absolute atomic E-state index is 0.232. The molecule has 0 bridgehead atoms. The van der Waals surface area contributed by atoms with E-state index in [0.717, 1.165) is 5.56 Å². The van der Waals surface area contributed by atoms with Crippen LogP contribution in [0.4, 0.5) is 13.2 Å². The van der Waals surface area contributed by atoms with E-state index in [1.54, 1.807) is 18.2 Å². The number of halogens is 3. The van der Waals surface area contributed by atoms with Crippen molar-refractivity contribution in [1.82, 2.24) is 10.3 Å². The van der Waals surface area contributed by atoms with Gasteiger partial charge in [-0.15, -0.1) is 13.2 Å². The molecule has 3 aromatic rings. The molecule has 0 atom stereocenters. The standard InChI is InChI=1S/C14H9F3N2O2/c15-14(16,17)20-11-3-1-2-9(7-11)6-10-4-5-12-13(8-10)19-21-18-12/h1-5,7-8H,6H2. The summed E-state index contributed by atoms with van der Waals surface area (Å²) in [5.74, 6) is -0.232. The largest absolute Gasteiger partial charge is 0.573 e. The van der Waals surface area contributed by atoms with E-state index in [1.165, 1.54) is 18.2 Å². The third-order valence-corrected chi connectivity index (χ3v) is 2.86. The minimum atomic E-state index is -4.69. The molecule has 0 unspecified atom stereocenters. The summed E-state index contributed by atoms with van der Waals surface area (Å²) in [6, 6.07) is 11.2. The fraction of sp³-hybridized carbons (Fsp3) is 0.143. The van der Waals surface area contributed by atoms with Gasteiger partial charge in [-0.1, -0.05) is 18.2 Å². The molecule has 108 valence electrons. The summed E-state index contributed by atoms with van der Waals surface area (Å²) in [6.07, 6.45) is -4.23. The summed E-state index contributed by atoms with van der Waals surface area (Å²) >= 11 is 0. The van der Waals surface area contributed by atoms with Crippen molar-refractivity contribution < 1.29 is 22.5 Å². The molecule has 0 radical (unpaired) electrons. The number of aromatic nitrogens is 2. The number of ether oxygens (including phenoxy) is 1. The molecule has 0 spiro atoms. The van der Waals surface area contributed by atoms with Crippen molar-refractivity contribution in [2.45, 2.75) is 12.8 Å². The van der Waals surface area contributed by atoms with Crippen molar-refractivity contribution >= 4 is 11.0 Å². The maximum Gasteiger partial charge on any atom is 0.573 e. The van der Waals surface area contributed by atoms with Crippen LogP contribution in [0.1, 0.15) is 11.1 Å². The fourth-order valence-corrected chi connectivity index (χ4v) is 2.03. The number of hydrogen-bond acceptors (Lipinski definition) is 4. The monoisotopic (exact) mass is 294 g/mol. The number of rotatable bonds is 3. The Kier molecular flexibility index (Phi) is 3.25. The van der Waals surface area contributed by atoms with Crippen molar-refractivity contribution in [1.29, 1.82) is 0 Å². The van der Waals surface area contributed by atoms with E-state index in [9.17, 15) is 13.2 Å². The van der Waals surface area contributed by atoms with Gasteiger partial charge in [0.1, 0.15) is 16.8 Å². The van der Waals surface area contributed by atoms with Gasteiger partial charge in [-0.25, -0.2) is 4.63 Å². The zero-order valence-corrected chi connectivity index (χ0v) is 10.6. The molecule has 0 saturated heterocycles. The highest BCUT2D eigenvalue weighted by Crippen LogP contribution is 2.24. The van der Waals surface area contributed by atoms with E-state index in [1.807, 2.05) is 6.07 Å². The third kappa shape index (κ3) is 3.31. The van der Waals surface area contributed by atoms with Crippen LogP contribution >= 0.6 is 0 Å². The van der Waals surface area contributed by atoms with Crippen LogP contribution in [-0.4, -0.2) is 16.7 Å². The summed E-state index contributed by atoms with van der Waals surface area (Å²) in [7, 11) is 0. The number of hydrogen-bond donors (Lipinski definition) is 0. The van der Waals surface area contributed by atoms with Crippen molar-refractivity contribution in [3.8, 4) is 5.75 Å². The van der Waals surface area contributed by atoms with E-state index < -0.39 is 6.36 Å². The highest BCUT2D eigenvalue weighted by Gasteiger charge is 2.31. The Morgan fingerprint density at radius 2 is 1.71 bits per heavy atom. The second kappa shape index (κ2) is 5.08. The predicted octanol–water partition coefficient (Wildman–Crippen LogP) is 3.71. The first-order valence-electron chi connectivity index (χ1n) is 6.05. The van der Waals surface area contributed by atoms with Gasteiger partial charge in [-0.3, -0.25) is 0 Å². The zero-order chi connectivity index (χ0) is 14.9. The molecule has 0 saturated carbocycles. The fourth-order valence-electron chi connectivity index (χ4n) is 2.03. The highest BCUT2D eigenvalue weighted by molar-refractivity contribution is 5.73. The number of alkyl halides is 3. The average Bonchev–Trinajstić information content (AvgIpc) is 2.84. The molecule has 0 aliphatic heterocycles. The van der Waals surface area contributed by atoms with Gasteiger partial charge < -0.3 is 4.74 Å². The van der Waals surface area contributed by atoms with Crippen molar-refractivity contribution in [2.24, 2.45) is 0 Å². The minimum Gasteiger partial charge on any atom is -0.406 e. The number of benzene rings is 2. The van der Waals surface area contributed by atoms with Gasteiger partial charge in [0, 0.05) is 0 Å². The Labute approximate surface area is 117 Å². The Morgan fingerprint density at radius 1 is 0.952 bits per heavy atom. The molecule has 1 aromatic heterocycles. The van der Waals surface area contributed by atoms with Gasteiger partial charge in [0.15, 0.2) is 0 Å². The number of fused-ring (bicyclic) bond motifs is 1. The molecule has 1 heterocycles. The van der Waals surface area contributed by atoms with Crippen LogP contribution < -0.4 is 4.74 Å². The average molecular weight is 294 g/mol. The summed E-state index contributed by atoms with van der Waals surface area (Å²) in [5.41, 5.74) is 2.83. The van der Waals surface area contributed by atoms with Gasteiger partial charge in [0.25, 0.3) is 0 Å². The maximum atomic E-state index is 12.2. The maximum absolute atomic E-state index is 12.2.